The van der Waals surface area contributed by atoms with Crippen molar-refractivity contribution in [3.05, 3.63) is 40.2 Å². The number of hydrogen-bond donors (Lipinski definition) is 0. The normalized spacial score (nSPS) is 14.4. The van der Waals surface area contributed by atoms with Gasteiger partial charge in [-0.1, -0.05) is 28.6 Å². The molecule has 1 heterocycles. The van der Waals surface area contributed by atoms with Gasteiger partial charge in [0.2, 0.25) is 0 Å². The molecule has 0 saturated heterocycles. The molecule has 1 aliphatic rings. The van der Waals surface area contributed by atoms with Gasteiger partial charge in [-0.2, -0.15) is 0 Å². The lowest BCUT2D eigenvalue weighted by Crippen LogP contribution is -2.08. The van der Waals surface area contributed by atoms with E-state index in [-0.39, 0.29) is 0 Å². The fraction of sp³-hybridized carbons (Fsp3) is 0.200. The summed E-state index contributed by atoms with van der Waals surface area (Å²) in [6.07, 6.45) is 1.14. The van der Waals surface area contributed by atoms with Crippen LogP contribution >= 0.6 is 27.9 Å². The van der Waals surface area contributed by atoms with Crippen molar-refractivity contribution in [2.75, 3.05) is 10.8 Å². The molecular weight excluding hydrogens is 246 g/mol. The van der Waals surface area contributed by atoms with E-state index in [0.29, 0.717) is 0 Å². The molecule has 2 rings (SSSR count). The van der Waals surface area contributed by atoms with Crippen LogP contribution in [0.25, 0.3) is 0 Å². The summed E-state index contributed by atoms with van der Waals surface area (Å²) >= 11 is 5.15. The predicted molar refractivity (Wildman–Crippen MR) is 63.0 cm³/mol. The number of nitrogens with zero attached hydrogens (tertiary/aromatic N) is 1. The standard InChI is InChI=1S/C10H10BrNS/c1-2-13-12-6-5-8-3-4-9(11)7-10(8)12/h2-4,7H,1,5-6H2. The zero-order valence-electron chi connectivity index (χ0n) is 7.16. The quantitative estimate of drug-likeness (QED) is 0.744. The highest BCUT2D eigenvalue weighted by atomic mass is 79.9. The monoisotopic (exact) mass is 255 g/mol. The summed E-state index contributed by atoms with van der Waals surface area (Å²) in [5, 5.41) is 1.87. The minimum absolute atomic E-state index is 1.09. The van der Waals surface area contributed by atoms with E-state index in [1.54, 1.807) is 11.9 Å². The van der Waals surface area contributed by atoms with Gasteiger partial charge < -0.3 is 4.31 Å². The average molecular weight is 256 g/mol. The SMILES string of the molecule is C=CSN1CCc2ccc(Br)cc21. The number of halogens is 1. The molecule has 0 amide bonds. The minimum Gasteiger partial charge on any atom is -0.312 e. The van der Waals surface area contributed by atoms with Crippen LogP contribution in [-0.2, 0) is 6.42 Å². The predicted octanol–water partition coefficient (Wildman–Crippen LogP) is 3.60. The van der Waals surface area contributed by atoms with Crippen molar-refractivity contribution in [2.24, 2.45) is 0 Å². The third-order valence-electron chi connectivity index (χ3n) is 2.10. The van der Waals surface area contributed by atoms with Gasteiger partial charge in [-0.05, 0) is 41.5 Å². The van der Waals surface area contributed by atoms with E-state index in [1.165, 1.54) is 11.3 Å². The first-order chi connectivity index (χ1) is 6.31. The van der Waals surface area contributed by atoms with Gasteiger partial charge in [-0.15, -0.1) is 0 Å². The highest BCUT2D eigenvalue weighted by Gasteiger charge is 2.18. The van der Waals surface area contributed by atoms with Crippen molar-refractivity contribution < 1.29 is 0 Å². The van der Waals surface area contributed by atoms with E-state index < -0.39 is 0 Å². The first kappa shape index (κ1) is 9.16. The van der Waals surface area contributed by atoms with E-state index in [9.17, 15) is 0 Å². The molecule has 0 bridgehead atoms. The molecule has 1 aromatic carbocycles. The molecule has 0 spiro atoms. The Bertz CT molecular complexity index is 338. The van der Waals surface area contributed by atoms with E-state index >= 15 is 0 Å². The lowest BCUT2D eigenvalue weighted by atomic mass is 10.2. The minimum atomic E-state index is 1.09. The molecule has 0 N–H and O–H groups in total. The maximum Gasteiger partial charge on any atom is 0.0516 e. The largest absolute Gasteiger partial charge is 0.312 e. The Morgan fingerprint density at radius 3 is 3.15 bits per heavy atom. The molecule has 0 unspecified atom stereocenters. The van der Waals surface area contributed by atoms with Crippen LogP contribution in [0.2, 0.25) is 0 Å². The second kappa shape index (κ2) is 3.76. The summed E-state index contributed by atoms with van der Waals surface area (Å²) in [7, 11) is 0. The molecular formula is C10H10BrNS. The van der Waals surface area contributed by atoms with E-state index in [2.05, 4.69) is 45.0 Å². The third kappa shape index (κ3) is 1.76. The Morgan fingerprint density at radius 1 is 1.54 bits per heavy atom. The highest BCUT2D eigenvalue weighted by Crippen LogP contribution is 2.35. The number of fused-ring (bicyclic) bond motifs is 1. The van der Waals surface area contributed by atoms with Crippen LogP contribution in [0.3, 0.4) is 0 Å². The van der Waals surface area contributed by atoms with Gasteiger partial charge in [0.25, 0.3) is 0 Å². The second-order valence-electron chi connectivity index (χ2n) is 2.90. The highest BCUT2D eigenvalue weighted by molar-refractivity contribution is 9.10. The number of anilines is 1. The fourth-order valence-electron chi connectivity index (χ4n) is 1.52. The summed E-state index contributed by atoms with van der Waals surface area (Å²) in [5.41, 5.74) is 2.75. The van der Waals surface area contributed by atoms with Crippen molar-refractivity contribution >= 4 is 33.6 Å². The Kier molecular flexibility index (Phi) is 2.65. The van der Waals surface area contributed by atoms with Crippen molar-refractivity contribution in [1.29, 1.82) is 0 Å². The zero-order chi connectivity index (χ0) is 9.26. The van der Waals surface area contributed by atoms with Gasteiger partial charge in [0.15, 0.2) is 0 Å². The summed E-state index contributed by atoms with van der Waals surface area (Å²) in [6, 6.07) is 6.45. The molecule has 1 nitrogen and oxygen atoms in total. The lowest BCUT2D eigenvalue weighted by molar-refractivity contribution is 1.06. The zero-order valence-corrected chi connectivity index (χ0v) is 9.57. The molecule has 0 atom stereocenters. The van der Waals surface area contributed by atoms with Gasteiger partial charge in [0, 0.05) is 11.0 Å². The van der Waals surface area contributed by atoms with Crippen molar-refractivity contribution in [2.45, 2.75) is 6.42 Å². The molecule has 1 aromatic rings. The first-order valence-corrected chi connectivity index (χ1v) is 5.78. The number of rotatable bonds is 2. The van der Waals surface area contributed by atoms with Crippen LogP contribution in [0.15, 0.2) is 34.7 Å². The van der Waals surface area contributed by atoms with Crippen LogP contribution < -0.4 is 4.31 Å². The molecule has 0 aromatic heterocycles. The molecule has 0 aliphatic carbocycles. The van der Waals surface area contributed by atoms with Gasteiger partial charge in [0.05, 0.1) is 5.69 Å². The van der Waals surface area contributed by atoms with Crippen LogP contribution in [0.4, 0.5) is 5.69 Å². The number of hydrogen-bond acceptors (Lipinski definition) is 2. The second-order valence-corrected chi connectivity index (χ2v) is 4.80. The number of benzene rings is 1. The molecule has 1 aliphatic heterocycles. The van der Waals surface area contributed by atoms with Crippen molar-refractivity contribution in [3.63, 3.8) is 0 Å². The van der Waals surface area contributed by atoms with Gasteiger partial charge >= 0.3 is 0 Å². The topological polar surface area (TPSA) is 3.24 Å². The van der Waals surface area contributed by atoms with E-state index in [1.807, 2.05) is 5.41 Å². The maximum absolute atomic E-state index is 3.73. The van der Waals surface area contributed by atoms with Crippen LogP contribution in [0.5, 0.6) is 0 Å². The first-order valence-electron chi connectivity index (χ1n) is 4.15. The van der Waals surface area contributed by atoms with Crippen molar-refractivity contribution in [3.8, 4) is 0 Å². The Balaban J connectivity index is 2.34. The van der Waals surface area contributed by atoms with Crippen LogP contribution in [-0.4, -0.2) is 6.54 Å². The smallest absolute Gasteiger partial charge is 0.0516 e. The Hall–Kier alpha value is -0.410. The fourth-order valence-corrected chi connectivity index (χ4v) is 2.53. The van der Waals surface area contributed by atoms with Crippen LogP contribution in [0.1, 0.15) is 5.56 Å². The van der Waals surface area contributed by atoms with E-state index in [4.69, 9.17) is 0 Å². The van der Waals surface area contributed by atoms with Crippen molar-refractivity contribution in [1.82, 2.24) is 0 Å². The van der Waals surface area contributed by atoms with Gasteiger partial charge in [-0.3, -0.25) is 0 Å². The average Bonchev–Trinajstić information content (AvgIpc) is 2.49. The third-order valence-corrected chi connectivity index (χ3v) is 3.38. The summed E-state index contributed by atoms with van der Waals surface area (Å²) in [4.78, 5) is 0. The molecule has 0 radical (unpaired) electrons. The molecule has 68 valence electrons. The van der Waals surface area contributed by atoms with Gasteiger partial charge in [-0.25, -0.2) is 0 Å². The van der Waals surface area contributed by atoms with Gasteiger partial charge in [0.1, 0.15) is 0 Å². The molecule has 13 heavy (non-hydrogen) atoms. The molecule has 0 fully saturated rings. The Labute approximate surface area is 91.1 Å². The lowest BCUT2D eigenvalue weighted by Gasteiger charge is -2.14. The summed E-state index contributed by atoms with van der Waals surface area (Å²) in [6.45, 7) is 4.81. The molecule has 3 heteroatoms. The van der Waals surface area contributed by atoms with Crippen LogP contribution in [0, 0.1) is 0 Å². The summed E-state index contributed by atoms with van der Waals surface area (Å²) < 4.78 is 3.41. The van der Waals surface area contributed by atoms with E-state index in [0.717, 1.165) is 17.4 Å². The maximum atomic E-state index is 3.73. The Morgan fingerprint density at radius 2 is 2.38 bits per heavy atom. The molecule has 0 saturated carbocycles. The summed E-state index contributed by atoms with van der Waals surface area (Å²) in [5.74, 6) is 0.